The number of nitrogens with zero attached hydrogens (tertiary/aromatic N) is 3. The van der Waals surface area contributed by atoms with E-state index in [0.29, 0.717) is 17.0 Å². The third kappa shape index (κ3) is 1.58. The molecule has 0 radical (unpaired) electrons. The second-order valence-corrected chi connectivity index (χ2v) is 3.92. The maximum atomic E-state index is 13.8. The predicted molar refractivity (Wildman–Crippen MR) is 63.1 cm³/mol. The monoisotopic (exact) mass is 227 g/mol. The van der Waals surface area contributed by atoms with Crippen molar-refractivity contribution in [2.45, 2.75) is 6.92 Å². The topological polar surface area (TPSA) is 30.2 Å². The summed E-state index contributed by atoms with van der Waals surface area (Å²) in [5.41, 5.74) is 2.28. The van der Waals surface area contributed by atoms with Crippen LogP contribution < -0.4 is 0 Å². The maximum Gasteiger partial charge on any atom is 0.234 e. The molecule has 0 fully saturated rings. The van der Waals surface area contributed by atoms with Crippen LogP contribution in [-0.4, -0.2) is 14.4 Å². The molecule has 3 aromatic rings. The fourth-order valence-electron chi connectivity index (χ4n) is 1.86. The molecule has 0 aliphatic rings. The van der Waals surface area contributed by atoms with Crippen molar-refractivity contribution in [2.24, 2.45) is 0 Å². The SMILES string of the molecule is Cc1ccc(F)c(-c2cnc3ncccn23)c1. The molecule has 0 aliphatic heterocycles. The number of rotatable bonds is 1. The van der Waals surface area contributed by atoms with Crippen LogP contribution in [0.2, 0.25) is 0 Å². The van der Waals surface area contributed by atoms with E-state index >= 15 is 0 Å². The van der Waals surface area contributed by atoms with Gasteiger partial charge in [0.1, 0.15) is 5.82 Å². The van der Waals surface area contributed by atoms with Crippen LogP contribution in [0.25, 0.3) is 17.0 Å². The van der Waals surface area contributed by atoms with E-state index in [1.54, 1.807) is 28.9 Å². The molecule has 0 saturated carbocycles. The van der Waals surface area contributed by atoms with Crippen LogP contribution in [-0.2, 0) is 0 Å². The largest absolute Gasteiger partial charge is 0.284 e. The van der Waals surface area contributed by atoms with Crippen LogP contribution in [0, 0.1) is 12.7 Å². The van der Waals surface area contributed by atoms with Crippen molar-refractivity contribution in [1.29, 1.82) is 0 Å². The van der Waals surface area contributed by atoms with Gasteiger partial charge < -0.3 is 0 Å². The molecule has 1 aromatic carbocycles. The Hall–Kier alpha value is -2.23. The molecule has 0 unspecified atom stereocenters. The molecule has 0 amide bonds. The van der Waals surface area contributed by atoms with Gasteiger partial charge in [0.2, 0.25) is 5.78 Å². The third-order valence-corrected chi connectivity index (χ3v) is 2.69. The molecule has 3 nitrogen and oxygen atoms in total. The van der Waals surface area contributed by atoms with E-state index in [1.807, 2.05) is 19.2 Å². The molecular formula is C13H10FN3. The molecule has 0 spiro atoms. The third-order valence-electron chi connectivity index (χ3n) is 2.69. The normalized spacial score (nSPS) is 10.9. The van der Waals surface area contributed by atoms with Crippen LogP contribution in [0.4, 0.5) is 4.39 Å². The summed E-state index contributed by atoms with van der Waals surface area (Å²) in [6.45, 7) is 1.93. The zero-order valence-corrected chi connectivity index (χ0v) is 9.26. The van der Waals surface area contributed by atoms with E-state index in [0.717, 1.165) is 5.56 Å². The van der Waals surface area contributed by atoms with E-state index < -0.39 is 0 Å². The first-order valence-electron chi connectivity index (χ1n) is 5.30. The van der Waals surface area contributed by atoms with E-state index in [-0.39, 0.29) is 5.82 Å². The number of halogens is 1. The lowest BCUT2D eigenvalue weighted by molar-refractivity contribution is 0.630. The maximum absolute atomic E-state index is 13.8. The molecule has 2 aromatic heterocycles. The van der Waals surface area contributed by atoms with Crippen molar-refractivity contribution in [1.82, 2.24) is 14.4 Å². The molecule has 0 N–H and O–H groups in total. The van der Waals surface area contributed by atoms with E-state index in [9.17, 15) is 4.39 Å². The number of aromatic nitrogens is 3. The van der Waals surface area contributed by atoms with Gasteiger partial charge in [-0.25, -0.2) is 14.4 Å². The lowest BCUT2D eigenvalue weighted by Gasteiger charge is -2.04. The molecule has 17 heavy (non-hydrogen) atoms. The Balaban J connectivity index is 2.31. The van der Waals surface area contributed by atoms with Crippen molar-refractivity contribution < 1.29 is 4.39 Å². The quantitative estimate of drug-likeness (QED) is 0.640. The number of hydrogen-bond donors (Lipinski definition) is 0. The van der Waals surface area contributed by atoms with E-state index in [1.165, 1.54) is 6.07 Å². The minimum atomic E-state index is -0.249. The van der Waals surface area contributed by atoms with Gasteiger partial charge in [-0.15, -0.1) is 0 Å². The van der Waals surface area contributed by atoms with Crippen LogP contribution in [0.5, 0.6) is 0 Å². The van der Waals surface area contributed by atoms with E-state index in [4.69, 9.17) is 0 Å². The van der Waals surface area contributed by atoms with Gasteiger partial charge in [0.05, 0.1) is 11.9 Å². The molecular weight excluding hydrogens is 217 g/mol. The van der Waals surface area contributed by atoms with Gasteiger partial charge in [0, 0.05) is 18.0 Å². The zero-order chi connectivity index (χ0) is 11.8. The highest BCUT2D eigenvalue weighted by atomic mass is 19.1. The Labute approximate surface area is 97.6 Å². The van der Waals surface area contributed by atoms with Crippen molar-refractivity contribution >= 4 is 5.78 Å². The second-order valence-electron chi connectivity index (χ2n) is 3.92. The van der Waals surface area contributed by atoms with Gasteiger partial charge in [0.15, 0.2) is 0 Å². The summed E-state index contributed by atoms with van der Waals surface area (Å²) in [5.74, 6) is 0.324. The second kappa shape index (κ2) is 3.66. The van der Waals surface area contributed by atoms with Crippen LogP contribution in [0.15, 0.2) is 42.9 Å². The Morgan fingerprint density at radius 1 is 1.24 bits per heavy atom. The van der Waals surface area contributed by atoms with Gasteiger partial charge in [-0.2, -0.15) is 0 Å². The molecule has 0 saturated heterocycles. The Bertz CT molecular complexity index is 688. The number of fused-ring (bicyclic) bond motifs is 1. The summed E-state index contributed by atoms with van der Waals surface area (Å²) in [5, 5.41) is 0. The molecule has 0 aliphatic carbocycles. The first-order valence-corrected chi connectivity index (χ1v) is 5.30. The summed E-state index contributed by atoms with van der Waals surface area (Å²) in [6.07, 6.45) is 5.13. The molecule has 84 valence electrons. The van der Waals surface area contributed by atoms with Crippen molar-refractivity contribution in [3.63, 3.8) is 0 Å². The lowest BCUT2D eigenvalue weighted by Crippen LogP contribution is -1.92. The Morgan fingerprint density at radius 3 is 3.00 bits per heavy atom. The number of benzene rings is 1. The summed E-state index contributed by atoms with van der Waals surface area (Å²) in [7, 11) is 0. The van der Waals surface area contributed by atoms with Gasteiger partial charge in [-0.3, -0.25) is 4.40 Å². The molecule has 3 rings (SSSR count). The van der Waals surface area contributed by atoms with Crippen molar-refractivity contribution in [3.05, 3.63) is 54.2 Å². The summed E-state index contributed by atoms with van der Waals surface area (Å²) in [6, 6.07) is 6.83. The molecule has 4 heteroatoms. The van der Waals surface area contributed by atoms with Crippen LogP contribution in [0.1, 0.15) is 5.56 Å². The van der Waals surface area contributed by atoms with E-state index in [2.05, 4.69) is 9.97 Å². The number of imidazole rings is 1. The molecule has 0 atom stereocenters. The van der Waals surface area contributed by atoms with Crippen molar-refractivity contribution in [3.8, 4) is 11.3 Å². The van der Waals surface area contributed by atoms with Gasteiger partial charge >= 0.3 is 0 Å². The lowest BCUT2D eigenvalue weighted by atomic mass is 10.1. The fraction of sp³-hybridized carbons (Fsp3) is 0.0769. The van der Waals surface area contributed by atoms with Gasteiger partial charge in [-0.05, 0) is 25.1 Å². The van der Waals surface area contributed by atoms with Gasteiger partial charge in [0.25, 0.3) is 0 Å². The smallest absolute Gasteiger partial charge is 0.234 e. The number of aryl methyl sites for hydroxylation is 1. The minimum absolute atomic E-state index is 0.249. The zero-order valence-electron chi connectivity index (χ0n) is 9.26. The highest BCUT2D eigenvalue weighted by Crippen LogP contribution is 2.24. The average molecular weight is 227 g/mol. The first kappa shape index (κ1) is 9.96. The highest BCUT2D eigenvalue weighted by Gasteiger charge is 2.10. The van der Waals surface area contributed by atoms with Crippen LogP contribution in [0.3, 0.4) is 0 Å². The Kier molecular flexibility index (Phi) is 2.14. The first-order chi connectivity index (χ1) is 8.25. The molecule has 0 bridgehead atoms. The standard InChI is InChI=1S/C13H10FN3/c1-9-3-4-11(14)10(7-9)12-8-16-13-15-5-2-6-17(12)13/h2-8H,1H3. The highest BCUT2D eigenvalue weighted by molar-refractivity contribution is 5.63. The Morgan fingerprint density at radius 2 is 2.12 bits per heavy atom. The minimum Gasteiger partial charge on any atom is -0.284 e. The molecule has 2 heterocycles. The average Bonchev–Trinajstić information content (AvgIpc) is 2.76. The summed E-state index contributed by atoms with van der Waals surface area (Å²) >= 11 is 0. The fourth-order valence-corrected chi connectivity index (χ4v) is 1.86. The summed E-state index contributed by atoms with van der Waals surface area (Å²) < 4.78 is 15.6. The predicted octanol–water partition coefficient (Wildman–Crippen LogP) is 2.84. The van der Waals surface area contributed by atoms with Gasteiger partial charge in [-0.1, -0.05) is 11.6 Å². The number of hydrogen-bond acceptors (Lipinski definition) is 2. The summed E-state index contributed by atoms with van der Waals surface area (Å²) in [4.78, 5) is 8.26. The van der Waals surface area contributed by atoms with Crippen molar-refractivity contribution in [2.75, 3.05) is 0 Å². The van der Waals surface area contributed by atoms with Crippen LogP contribution >= 0.6 is 0 Å².